The van der Waals surface area contributed by atoms with E-state index in [0.29, 0.717) is 32.9 Å². The van der Waals surface area contributed by atoms with Gasteiger partial charge in [-0.1, -0.05) is 28.1 Å². The van der Waals surface area contributed by atoms with Crippen LogP contribution in [0.25, 0.3) is 6.08 Å². The molecule has 9 nitrogen and oxygen atoms in total. The normalized spacial score (nSPS) is 12.7. The van der Waals surface area contributed by atoms with Gasteiger partial charge >= 0.3 is 0 Å². The Morgan fingerprint density at radius 2 is 2.00 bits per heavy atom. The Morgan fingerprint density at radius 3 is 2.63 bits per heavy atom. The van der Waals surface area contributed by atoms with E-state index in [9.17, 15) is 18.2 Å². The lowest BCUT2D eigenvalue weighted by Crippen LogP contribution is -2.00. The lowest BCUT2D eigenvalue weighted by atomic mass is 10.2. The van der Waals surface area contributed by atoms with E-state index in [1.165, 1.54) is 31.2 Å². The Hall–Kier alpha value is -2.28. The Bertz CT molecular complexity index is 988. The summed E-state index contributed by atoms with van der Waals surface area (Å²) in [6.45, 7) is 3.32. The van der Waals surface area contributed by atoms with E-state index in [1.54, 1.807) is 18.2 Å². The summed E-state index contributed by atoms with van der Waals surface area (Å²) in [7, 11) is -4.43. The summed E-state index contributed by atoms with van der Waals surface area (Å²) in [6, 6.07) is 8.57. The summed E-state index contributed by atoms with van der Waals surface area (Å²) in [6.07, 6.45) is 3.54. The van der Waals surface area contributed by atoms with Crippen molar-refractivity contribution in [3.63, 3.8) is 0 Å². The minimum absolute atomic E-state index is 0.0462. The number of nitrogens with zero attached hydrogens (tertiary/aromatic N) is 2. The molecule has 0 bridgehead atoms. The number of rotatable bonds is 7. The average molecular weight is 412 g/mol. The predicted molar refractivity (Wildman–Crippen MR) is 98.2 cm³/mol. The van der Waals surface area contributed by atoms with Crippen LogP contribution in [0.5, 0.6) is 0 Å². The number of hydrogen-bond acceptors (Lipinski definition) is 8. The quantitative estimate of drug-likeness (QED) is 0.168. The highest BCUT2D eigenvalue weighted by atomic mass is 32.2. The van der Waals surface area contributed by atoms with Crippen molar-refractivity contribution >= 4 is 39.6 Å². The van der Waals surface area contributed by atoms with Crippen LogP contribution in [0.4, 0.5) is 11.4 Å². The molecule has 0 amide bonds. The van der Waals surface area contributed by atoms with Gasteiger partial charge in [0.15, 0.2) is 0 Å². The number of aryl methyl sites for hydroxylation is 1. The highest BCUT2D eigenvalue weighted by Gasteiger charge is 2.15. The molecular formula is C16H16N2O7S2. The highest BCUT2D eigenvalue weighted by Crippen LogP contribution is 2.30. The van der Waals surface area contributed by atoms with Crippen LogP contribution in [-0.2, 0) is 19.5 Å². The minimum Gasteiger partial charge on any atom is -0.594 e. The number of benzene rings is 2. The third kappa shape index (κ3) is 5.60. The van der Waals surface area contributed by atoms with E-state index in [2.05, 4.69) is 14.5 Å². The SMILES string of the molecule is C/C=C/c1ccc([N+]([O-])=Nc2ccc(C)c(S(=O)(=O)O)c2)cc1SOOO. The second kappa shape index (κ2) is 9.08. The average Bonchev–Trinajstić information content (AvgIpc) is 2.61. The molecule has 0 spiro atoms. The predicted octanol–water partition coefficient (Wildman–Crippen LogP) is 4.63. The van der Waals surface area contributed by atoms with Crippen molar-refractivity contribution < 1.29 is 32.5 Å². The van der Waals surface area contributed by atoms with Crippen LogP contribution in [0.15, 0.2) is 57.4 Å². The molecule has 0 saturated heterocycles. The maximum Gasteiger partial charge on any atom is 0.294 e. The second-order valence-corrected chi connectivity index (χ2v) is 7.38. The van der Waals surface area contributed by atoms with Crippen molar-refractivity contribution in [3.05, 3.63) is 58.8 Å². The van der Waals surface area contributed by atoms with Crippen LogP contribution in [-0.4, -0.2) is 23.1 Å². The molecule has 0 unspecified atom stereocenters. The van der Waals surface area contributed by atoms with Gasteiger partial charge in [0.2, 0.25) is 5.69 Å². The maximum atomic E-state index is 12.3. The second-order valence-electron chi connectivity index (χ2n) is 5.25. The summed E-state index contributed by atoms with van der Waals surface area (Å²) in [5, 5.41) is 28.0. The van der Waals surface area contributed by atoms with E-state index in [0.717, 1.165) is 6.07 Å². The van der Waals surface area contributed by atoms with Gasteiger partial charge < -0.3 is 5.21 Å². The zero-order valence-electron chi connectivity index (χ0n) is 14.3. The van der Waals surface area contributed by atoms with E-state index < -0.39 is 10.1 Å². The molecule has 0 saturated carbocycles. The largest absolute Gasteiger partial charge is 0.594 e. The van der Waals surface area contributed by atoms with Crippen molar-refractivity contribution in [1.82, 2.24) is 0 Å². The molecular weight excluding hydrogens is 396 g/mol. The van der Waals surface area contributed by atoms with Crippen LogP contribution in [0.3, 0.4) is 0 Å². The first-order valence-corrected chi connectivity index (χ1v) is 9.63. The molecule has 0 aromatic heterocycles. The number of hydrogen-bond donors (Lipinski definition) is 2. The third-order valence-corrected chi connectivity index (χ3v) is 5.03. The smallest absolute Gasteiger partial charge is 0.294 e. The van der Waals surface area contributed by atoms with Crippen molar-refractivity contribution in [3.8, 4) is 0 Å². The lowest BCUT2D eigenvalue weighted by Gasteiger charge is -2.06. The zero-order chi connectivity index (χ0) is 20.0. The Morgan fingerprint density at radius 1 is 1.26 bits per heavy atom. The standard InChI is InChI=1S/C16H16N2O7S2/c1-3-4-12-6-8-14(10-15(12)26-25-24-20)18(19)17-13-7-5-11(2)16(9-13)27(21,22)23/h3-10,20H,1-2H3,(H,21,22,23)/b4-3+,18-17?. The first kappa shape index (κ1) is 21.0. The topological polar surface area (TPSA) is 131 Å². The molecule has 144 valence electrons. The van der Waals surface area contributed by atoms with E-state index in [1.807, 2.05) is 6.92 Å². The van der Waals surface area contributed by atoms with E-state index in [-0.39, 0.29) is 16.3 Å². The molecule has 2 aromatic carbocycles. The van der Waals surface area contributed by atoms with E-state index >= 15 is 0 Å². The lowest BCUT2D eigenvalue weighted by molar-refractivity contribution is -0.435. The third-order valence-electron chi connectivity index (χ3n) is 3.37. The maximum absolute atomic E-state index is 12.3. The summed E-state index contributed by atoms with van der Waals surface area (Å²) in [5.41, 5.74) is 1.20. The fraction of sp³-hybridized carbons (Fsp3) is 0.125. The van der Waals surface area contributed by atoms with Gasteiger partial charge in [-0.05, 0) is 43.2 Å². The van der Waals surface area contributed by atoms with Gasteiger partial charge in [0, 0.05) is 17.2 Å². The molecule has 2 rings (SSSR count). The Labute approximate surface area is 160 Å². The molecule has 0 radical (unpaired) electrons. The van der Waals surface area contributed by atoms with Gasteiger partial charge in [0.25, 0.3) is 10.1 Å². The van der Waals surface area contributed by atoms with Crippen LogP contribution >= 0.6 is 12.0 Å². The fourth-order valence-corrected chi connectivity index (χ4v) is 3.42. The van der Waals surface area contributed by atoms with Crippen molar-refractivity contribution in [1.29, 1.82) is 0 Å². The van der Waals surface area contributed by atoms with Gasteiger partial charge in [-0.2, -0.15) is 8.42 Å². The van der Waals surface area contributed by atoms with Crippen LogP contribution in [0, 0.1) is 12.1 Å². The van der Waals surface area contributed by atoms with Crippen LogP contribution in [0.1, 0.15) is 18.1 Å². The number of azo groups is 1. The van der Waals surface area contributed by atoms with Gasteiger partial charge in [-0.15, -0.1) is 4.33 Å². The molecule has 0 aliphatic carbocycles. The van der Waals surface area contributed by atoms with E-state index in [4.69, 9.17) is 5.26 Å². The Balaban J connectivity index is 2.43. The molecule has 0 aliphatic heterocycles. The van der Waals surface area contributed by atoms with Gasteiger partial charge in [0.05, 0.1) is 21.8 Å². The summed E-state index contributed by atoms with van der Waals surface area (Å²) in [4.78, 5) is 0.436. The minimum atomic E-state index is -4.43. The summed E-state index contributed by atoms with van der Waals surface area (Å²) >= 11 is 0.690. The van der Waals surface area contributed by atoms with Crippen molar-refractivity contribution in [2.75, 3.05) is 0 Å². The fourth-order valence-electron chi connectivity index (χ4n) is 2.17. The monoisotopic (exact) mass is 412 g/mol. The van der Waals surface area contributed by atoms with Crippen molar-refractivity contribution in [2.24, 2.45) is 5.11 Å². The molecule has 0 aliphatic rings. The molecule has 0 atom stereocenters. The highest BCUT2D eigenvalue weighted by molar-refractivity contribution is 7.94. The van der Waals surface area contributed by atoms with Gasteiger partial charge in [-0.3, -0.25) is 4.55 Å². The van der Waals surface area contributed by atoms with Crippen LogP contribution in [0.2, 0.25) is 0 Å². The summed E-state index contributed by atoms with van der Waals surface area (Å²) in [5.74, 6) is 0. The Kier molecular flexibility index (Phi) is 7.07. The molecule has 27 heavy (non-hydrogen) atoms. The molecule has 0 heterocycles. The first-order chi connectivity index (χ1) is 12.8. The van der Waals surface area contributed by atoms with Gasteiger partial charge in [-0.25, -0.2) is 5.26 Å². The number of allylic oxidation sites excluding steroid dienone is 1. The summed E-state index contributed by atoms with van der Waals surface area (Å²) < 4.78 is 36.4. The molecule has 2 N–H and O–H groups in total. The van der Waals surface area contributed by atoms with Crippen molar-refractivity contribution in [2.45, 2.75) is 23.6 Å². The first-order valence-electron chi connectivity index (χ1n) is 7.45. The van der Waals surface area contributed by atoms with Gasteiger partial charge in [0.1, 0.15) is 5.69 Å². The molecule has 11 heteroatoms. The zero-order valence-corrected chi connectivity index (χ0v) is 15.9. The molecule has 0 fully saturated rings. The van der Waals surface area contributed by atoms with Crippen LogP contribution < -0.4 is 0 Å². The molecule has 2 aromatic rings.